The molecule has 2 heterocycles. The summed E-state index contributed by atoms with van der Waals surface area (Å²) < 4.78 is 1.52. The van der Waals surface area contributed by atoms with Gasteiger partial charge in [-0.15, -0.1) is 0 Å². The minimum Gasteiger partial charge on any atom is -0.219 e. The molecule has 0 atom stereocenters. The number of rotatable bonds is 3. The first-order valence-corrected chi connectivity index (χ1v) is 5.22. The van der Waals surface area contributed by atoms with Crippen molar-refractivity contribution in [2.45, 2.75) is 13.3 Å². The van der Waals surface area contributed by atoms with E-state index in [1.54, 1.807) is 24.7 Å². The third-order valence-electron chi connectivity index (χ3n) is 2.34. The molecule has 0 aliphatic heterocycles. The Bertz CT molecular complexity index is 574. The van der Waals surface area contributed by atoms with Gasteiger partial charge in [0, 0.05) is 18.0 Å². The van der Waals surface area contributed by atoms with Crippen LogP contribution >= 0.6 is 0 Å². The van der Waals surface area contributed by atoms with Crippen molar-refractivity contribution in [1.29, 1.82) is 5.26 Å². The Hall–Kier alpha value is -2.48. The molecule has 0 aliphatic rings. The summed E-state index contributed by atoms with van der Waals surface area (Å²) in [6, 6.07) is 2.10. The average molecular weight is 225 g/mol. The largest absolute Gasteiger partial charge is 0.250 e. The fraction of sp³-hybridized carbons (Fsp3) is 0.167. The van der Waals surface area contributed by atoms with Crippen LogP contribution in [-0.2, 0) is 6.42 Å². The highest BCUT2D eigenvalue weighted by atomic mass is 15.3. The van der Waals surface area contributed by atoms with Crippen molar-refractivity contribution < 1.29 is 0 Å². The molecule has 0 saturated heterocycles. The Morgan fingerprint density at radius 2 is 2.18 bits per heavy atom. The number of hydrogen-bond donors (Lipinski definition) is 0. The van der Waals surface area contributed by atoms with Gasteiger partial charge in [-0.1, -0.05) is 19.6 Å². The predicted molar refractivity (Wildman–Crippen MR) is 63.3 cm³/mol. The normalized spacial score (nSPS) is 9.88. The Balaban J connectivity index is 2.42. The molecule has 0 fully saturated rings. The smallest absolute Gasteiger partial charge is 0.219 e. The van der Waals surface area contributed by atoms with Crippen LogP contribution in [0.25, 0.3) is 12.0 Å². The van der Waals surface area contributed by atoms with Gasteiger partial charge in [0.05, 0.1) is 17.5 Å². The van der Waals surface area contributed by atoms with Crippen LogP contribution < -0.4 is 0 Å². The first-order chi connectivity index (χ1) is 8.28. The number of hydrogen-bond acceptors (Lipinski definition) is 4. The van der Waals surface area contributed by atoms with Crippen LogP contribution in [0.3, 0.4) is 0 Å². The summed E-state index contributed by atoms with van der Waals surface area (Å²) in [4.78, 5) is 8.30. The molecule has 5 heteroatoms. The van der Waals surface area contributed by atoms with Crippen molar-refractivity contribution in [2.75, 3.05) is 0 Å². The quantitative estimate of drug-likeness (QED) is 0.797. The molecule has 84 valence electrons. The maximum atomic E-state index is 8.93. The number of aryl methyl sites for hydroxylation is 1. The molecule has 0 aromatic carbocycles. The van der Waals surface area contributed by atoms with E-state index in [0.29, 0.717) is 17.9 Å². The van der Waals surface area contributed by atoms with E-state index < -0.39 is 0 Å². The van der Waals surface area contributed by atoms with Crippen molar-refractivity contribution in [3.8, 4) is 12.0 Å². The van der Waals surface area contributed by atoms with E-state index in [1.807, 2.05) is 6.92 Å². The zero-order chi connectivity index (χ0) is 12.3. The molecule has 0 unspecified atom stereocenters. The van der Waals surface area contributed by atoms with Crippen molar-refractivity contribution in [1.82, 2.24) is 19.7 Å². The van der Waals surface area contributed by atoms with Gasteiger partial charge in [-0.3, -0.25) is 0 Å². The van der Waals surface area contributed by atoms with E-state index in [0.717, 1.165) is 11.3 Å². The molecule has 0 saturated carbocycles. The Labute approximate surface area is 99.1 Å². The molecule has 0 amide bonds. The molecule has 0 N–H and O–H groups in total. The van der Waals surface area contributed by atoms with E-state index in [-0.39, 0.29) is 0 Å². The van der Waals surface area contributed by atoms with Crippen LogP contribution in [0.1, 0.15) is 23.7 Å². The van der Waals surface area contributed by atoms with Crippen LogP contribution in [0.2, 0.25) is 0 Å². The molecule has 2 aromatic heterocycles. The van der Waals surface area contributed by atoms with Gasteiger partial charge in [0.1, 0.15) is 6.07 Å². The summed E-state index contributed by atoms with van der Waals surface area (Å²) in [7, 11) is 0. The van der Waals surface area contributed by atoms with Crippen LogP contribution in [0.4, 0.5) is 0 Å². The van der Waals surface area contributed by atoms with Crippen molar-refractivity contribution >= 4 is 6.08 Å². The molecule has 2 aromatic rings. The van der Waals surface area contributed by atoms with Gasteiger partial charge >= 0.3 is 0 Å². The highest BCUT2D eigenvalue weighted by Crippen LogP contribution is 2.09. The van der Waals surface area contributed by atoms with E-state index in [1.165, 1.54) is 4.68 Å². The molecule has 0 bridgehead atoms. The SMILES string of the molecule is C=Cc1cnc(-n2cc(C#N)c(CC)n2)nc1. The number of aromatic nitrogens is 4. The molecule has 2 rings (SSSR count). The fourth-order valence-electron chi connectivity index (χ4n) is 1.42. The van der Waals surface area contributed by atoms with E-state index in [4.69, 9.17) is 5.26 Å². The Morgan fingerprint density at radius 1 is 1.47 bits per heavy atom. The third-order valence-corrected chi connectivity index (χ3v) is 2.34. The van der Waals surface area contributed by atoms with Crippen LogP contribution in [-0.4, -0.2) is 19.7 Å². The minimum atomic E-state index is 0.451. The second-order valence-electron chi connectivity index (χ2n) is 3.42. The summed E-state index contributed by atoms with van der Waals surface area (Å²) >= 11 is 0. The van der Waals surface area contributed by atoms with Gasteiger partial charge in [-0.2, -0.15) is 10.4 Å². The first kappa shape index (κ1) is 11.0. The molecule has 17 heavy (non-hydrogen) atoms. The van der Waals surface area contributed by atoms with Gasteiger partial charge in [-0.05, 0) is 6.42 Å². The summed E-state index contributed by atoms with van der Waals surface area (Å²) in [6.07, 6.45) is 7.34. The second kappa shape index (κ2) is 4.58. The van der Waals surface area contributed by atoms with Gasteiger partial charge in [0.2, 0.25) is 0 Å². The Kier molecular flexibility index (Phi) is 2.97. The van der Waals surface area contributed by atoms with Crippen molar-refractivity contribution in [3.63, 3.8) is 0 Å². The lowest BCUT2D eigenvalue weighted by molar-refractivity contribution is 0.784. The molecular weight excluding hydrogens is 214 g/mol. The van der Waals surface area contributed by atoms with Crippen molar-refractivity contribution in [3.05, 3.63) is 42.0 Å². The second-order valence-corrected chi connectivity index (χ2v) is 3.42. The van der Waals surface area contributed by atoms with Gasteiger partial charge in [0.25, 0.3) is 5.95 Å². The van der Waals surface area contributed by atoms with Crippen molar-refractivity contribution in [2.24, 2.45) is 0 Å². The van der Waals surface area contributed by atoms with Crippen LogP contribution in [0.15, 0.2) is 25.2 Å². The van der Waals surface area contributed by atoms with Crippen LogP contribution in [0.5, 0.6) is 0 Å². The monoisotopic (exact) mass is 225 g/mol. The molecular formula is C12H11N5. The molecule has 0 radical (unpaired) electrons. The lowest BCUT2D eigenvalue weighted by Gasteiger charge is -1.98. The Morgan fingerprint density at radius 3 is 2.65 bits per heavy atom. The zero-order valence-electron chi connectivity index (χ0n) is 9.46. The van der Waals surface area contributed by atoms with Gasteiger partial charge in [0.15, 0.2) is 0 Å². The lowest BCUT2D eigenvalue weighted by Crippen LogP contribution is -2.01. The summed E-state index contributed by atoms with van der Waals surface area (Å²) in [5.74, 6) is 0.451. The maximum Gasteiger partial charge on any atom is 0.250 e. The van der Waals surface area contributed by atoms with E-state index in [2.05, 4.69) is 27.7 Å². The highest BCUT2D eigenvalue weighted by molar-refractivity contribution is 5.44. The molecule has 0 aliphatic carbocycles. The maximum absolute atomic E-state index is 8.93. The highest BCUT2D eigenvalue weighted by Gasteiger charge is 2.09. The zero-order valence-corrected chi connectivity index (χ0v) is 9.46. The van der Waals surface area contributed by atoms with Gasteiger partial charge in [-0.25, -0.2) is 14.6 Å². The third kappa shape index (κ3) is 2.06. The topological polar surface area (TPSA) is 67.4 Å². The standard InChI is InChI=1S/C12H11N5/c1-3-9-6-14-12(15-7-9)17-8-10(5-13)11(4-2)16-17/h3,6-8H,1,4H2,2H3. The summed E-state index contributed by atoms with van der Waals surface area (Å²) in [5.41, 5.74) is 2.16. The average Bonchev–Trinajstić information content (AvgIpc) is 2.82. The molecule has 5 nitrogen and oxygen atoms in total. The van der Waals surface area contributed by atoms with Gasteiger partial charge < -0.3 is 0 Å². The first-order valence-electron chi connectivity index (χ1n) is 5.22. The van der Waals surface area contributed by atoms with Crippen LogP contribution in [0, 0.1) is 11.3 Å². The number of nitriles is 1. The molecule has 0 spiro atoms. The summed E-state index contributed by atoms with van der Waals surface area (Å²) in [5, 5.41) is 13.2. The lowest BCUT2D eigenvalue weighted by atomic mass is 10.2. The van der Waals surface area contributed by atoms with E-state index in [9.17, 15) is 0 Å². The predicted octanol–water partition coefficient (Wildman–Crippen LogP) is 1.74. The fourth-order valence-corrected chi connectivity index (χ4v) is 1.42. The summed E-state index contributed by atoms with van der Waals surface area (Å²) in [6.45, 7) is 5.59. The minimum absolute atomic E-state index is 0.451. The number of nitrogens with zero attached hydrogens (tertiary/aromatic N) is 5. The van der Waals surface area contributed by atoms with E-state index >= 15 is 0 Å².